The van der Waals surface area contributed by atoms with Crippen LogP contribution in [0.2, 0.25) is 0 Å². The second-order valence-corrected chi connectivity index (χ2v) is 7.34. The van der Waals surface area contributed by atoms with Crippen molar-refractivity contribution in [2.45, 2.75) is 37.1 Å². The number of hydrogen-bond acceptors (Lipinski definition) is 4. The average molecular weight is 313 g/mol. The molecule has 6 nitrogen and oxygen atoms in total. The molecule has 1 unspecified atom stereocenters. The van der Waals surface area contributed by atoms with Crippen LogP contribution in [0.4, 0.5) is 0 Å². The highest BCUT2D eigenvalue weighted by Crippen LogP contribution is 2.36. The number of nitrogens with zero attached hydrogens (tertiary/aromatic N) is 1. The first-order valence-electron chi connectivity index (χ1n) is 6.72. The Bertz CT molecular complexity index is 653. The third-order valence-electron chi connectivity index (χ3n) is 3.72. The minimum atomic E-state index is -3.64. The van der Waals surface area contributed by atoms with Crippen LogP contribution in [0.15, 0.2) is 23.1 Å². The van der Waals surface area contributed by atoms with Gasteiger partial charge in [-0.15, -0.1) is 0 Å². The van der Waals surface area contributed by atoms with Gasteiger partial charge in [-0.25, -0.2) is 8.42 Å². The van der Waals surface area contributed by atoms with Crippen molar-refractivity contribution in [3.05, 3.63) is 23.8 Å². The fraction of sp³-hybridized carbons (Fsp3) is 0.500. The summed E-state index contributed by atoms with van der Waals surface area (Å²) in [4.78, 5) is 11.4. The SMILES string of the molecule is CC(C)N(C)S(=O)(=O)c1ccc2c(c1)C(C(=O)O)CCO2. The maximum atomic E-state index is 12.5. The molecule has 1 N–H and O–H groups in total. The number of carbonyl (C=O) groups is 1. The van der Waals surface area contributed by atoms with Gasteiger partial charge in [-0.2, -0.15) is 4.31 Å². The summed E-state index contributed by atoms with van der Waals surface area (Å²) in [6.07, 6.45) is 0.339. The normalized spacial score (nSPS) is 18.4. The van der Waals surface area contributed by atoms with Gasteiger partial charge < -0.3 is 9.84 Å². The number of aliphatic carboxylic acids is 1. The Morgan fingerprint density at radius 1 is 1.43 bits per heavy atom. The van der Waals surface area contributed by atoms with E-state index in [0.717, 1.165) is 0 Å². The topological polar surface area (TPSA) is 83.9 Å². The van der Waals surface area contributed by atoms with E-state index in [0.29, 0.717) is 24.3 Å². The Morgan fingerprint density at radius 3 is 2.67 bits per heavy atom. The molecule has 2 rings (SSSR count). The van der Waals surface area contributed by atoms with Crippen molar-refractivity contribution in [3.63, 3.8) is 0 Å². The van der Waals surface area contributed by atoms with Gasteiger partial charge in [0.1, 0.15) is 5.75 Å². The molecular formula is C14H19NO5S. The minimum absolute atomic E-state index is 0.0919. The van der Waals surface area contributed by atoms with Gasteiger partial charge in [0.05, 0.1) is 17.4 Å². The average Bonchev–Trinajstić information content (AvgIpc) is 2.44. The van der Waals surface area contributed by atoms with Crippen LogP contribution >= 0.6 is 0 Å². The first kappa shape index (κ1) is 15.8. The van der Waals surface area contributed by atoms with Crippen LogP contribution in [-0.2, 0) is 14.8 Å². The molecule has 0 amide bonds. The molecule has 0 bridgehead atoms. The van der Waals surface area contributed by atoms with Crippen molar-refractivity contribution in [1.82, 2.24) is 4.31 Å². The number of hydrogen-bond donors (Lipinski definition) is 1. The van der Waals surface area contributed by atoms with Crippen molar-refractivity contribution in [2.24, 2.45) is 0 Å². The predicted octanol–water partition coefficient (Wildman–Crippen LogP) is 1.67. The molecule has 0 fully saturated rings. The first-order chi connectivity index (χ1) is 9.75. The lowest BCUT2D eigenvalue weighted by Gasteiger charge is -2.25. The highest BCUT2D eigenvalue weighted by atomic mass is 32.2. The van der Waals surface area contributed by atoms with Crippen LogP contribution in [0.5, 0.6) is 5.75 Å². The molecule has 116 valence electrons. The van der Waals surface area contributed by atoms with E-state index >= 15 is 0 Å². The molecule has 0 radical (unpaired) electrons. The van der Waals surface area contributed by atoms with Crippen molar-refractivity contribution >= 4 is 16.0 Å². The maximum absolute atomic E-state index is 12.5. The number of sulfonamides is 1. The summed E-state index contributed by atoms with van der Waals surface area (Å²) in [7, 11) is -2.13. The highest BCUT2D eigenvalue weighted by Gasteiger charge is 2.30. The van der Waals surface area contributed by atoms with Crippen LogP contribution in [0, 0.1) is 0 Å². The third-order valence-corrected chi connectivity index (χ3v) is 5.75. The first-order valence-corrected chi connectivity index (χ1v) is 8.16. The number of fused-ring (bicyclic) bond motifs is 1. The zero-order chi connectivity index (χ0) is 15.8. The quantitative estimate of drug-likeness (QED) is 0.914. The van der Waals surface area contributed by atoms with Gasteiger partial charge in [0.2, 0.25) is 10.0 Å². The molecule has 0 aromatic heterocycles. The fourth-order valence-corrected chi connectivity index (χ4v) is 3.64. The molecular weight excluding hydrogens is 294 g/mol. The van der Waals surface area contributed by atoms with Gasteiger partial charge in [0.25, 0.3) is 0 Å². The second-order valence-electron chi connectivity index (χ2n) is 5.34. The Balaban J connectivity index is 2.50. The van der Waals surface area contributed by atoms with E-state index in [4.69, 9.17) is 4.74 Å². The van der Waals surface area contributed by atoms with Gasteiger partial charge in [0, 0.05) is 18.7 Å². The van der Waals surface area contributed by atoms with Crippen molar-refractivity contribution < 1.29 is 23.1 Å². The number of carboxylic acid groups (broad SMARTS) is 1. The van der Waals surface area contributed by atoms with Crippen LogP contribution < -0.4 is 4.74 Å². The predicted molar refractivity (Wildman–Crippen MR) is 77.0 cm³/mol. The molecule has 0 saturated heterocycles. The molecule has 1 aromatic rings. The van der Waals surface area contributed by atoms with Crippen molar-refractivity contribution in [2.75, 3.05) is 13.7 Å². The molecule has 1 aliphatic rings. The van der Waals surface area contributed by atoms with Gasteiger partial charge in [-0.1, -0.05) is 0 Å². The number of ether oxygens (including phenoxy) is 1. The smallest absolute Gasteiger partial charge is 0.311 e. The lowest BCUT2D eigenvalue weighted by atomic mass is 9.93. The van der Waals surface area contributed by atoms with E-state index in [-0.39, 0.29) is 10.9 Å². The number of carboxylic acids is 1. The fourth-order valence-electron chi connectivity index (χ4n) is 2.23. The lowest BCUT2D eigenvalue weighted by molar-refractivity contribution is -0.139. The van der Waals surface area contributed by atoms with Crippen molar-refractivity contribution in [3.8, 4) is 5.75 Å². The molecule has 7 heteroatoms. The van der Waals surface area contributed by atoms with E-state index in [2.05, 4.69) is 0 Å². The third kappa shape index (κ3) is 2.89. The van der Waals surface area contributed by atoms with Crippen molar-refractivity contribution in [1.29, 1.82) is 0 Å². The minimum Gasteiger partial charge on any atom is -0.493 e. The largest absolute Gasteiger partial charge is 0.493 e. The number of rotatable bonds is 4. The van der Waals surface area contributed by atoms with Gasteiger partial charge in [0.15, 0.2) is 0 Å². The Hall–Kier alpha value is -1.60. The van der Waals surface area contributed by atoms with Gasteiger partial charge in [-0.05, 0) is 38.5 Å². The summed E-state index contributed by atoms with van der Waals surface area (Å²) in [6.45, 7) is 3.88. The zero-order valence-electron chi connectivity index (χ0n) is 12.2. The molecule has 1 heterocycles. The van der Waals surface area contributed by atoms with Gasteiger partial charge >= 0.3 is 5.97 Å². The summed E-state index contributed by atoms with van der Waals surface area (Å²) >= 11 is 0. The van der Waals surface area contributed by atoms with Crippen LogP contribution in [0.1, 0.15) is 31.7 Å². The van der Waals surface area contributed by atoms with Crippen LogP contribution in [-0.4, -0.2) is 43.5 Å². The van der Waals surface area contributed by atoms with Gasteiger partial charge in [-0.3, -0.25) is 4.79 Å². The summed E-state index contributed by atoms with van der Waals surface area (Å²) in [6, 6.07) is 4.22. The summed E-state index contributed by atoms with van der Waals surface area (Å²) in [5.41, 5.74) is 0.423. The molecule has 0 saturated carbocycles. The lowest BCUT2D eigenvalue weighted by Crippen LogP contribution is -2.33. The summed E-state index contributed by atoms with van der Waals surface area (Å²) < 4.78 is 31.6. The number of benzene rings is 1. The van der Waals surface area contributed by atoms with Crippen LogP contribution in [0.3, 0.4) is 0 Å². The summed E-state index contributed by atoms with van der Waals surface area (Å²) in [5, 5.41) is 9.26. The molecule has 1 atom stereocenters. The van der Waals surface area contributed by atoms with E-state index in [1.165, 1.54) is 29.6 Å². The molecule has 0 aliphatic carbocycles. The summed E-state index contributed by atoms with van der Waals surface area (Å²) in [5.74, 6) is -1.25. The van der Waals surface area contributed by atoms with E-state index in [1.54, 1.807) is 13.8 Å². The van der Waals surface area contributed by atoms with E-state index in [1.807, 2.05) is 0 Å². The standard InChI is InChI=1S/C14H19NO5S/c1-9(2)15(3)21(18,19)10-4-5-13-12(8-10)11(14(16)17)6-7-20-13/h4-5,8-9,11H,6-7H2,1-3H3,(H,16,17). The molecule has 21 heavy (non-hydrogen) atoms. The Morgan fingerprint density at radius 2 is 2.10 bits per heavy atom. The highest BCUT2D eigenvalue weighted by molar-refractivity contribution is 7.89. The molecule has 1 aromatic carbocycles. The van der Waals surface area contributed by atoms with Crippen LogP contribution in [0.25, 0.3) is 0 Å². The monoisotopic (exact) mass is 313 g/mol. The van der Waals surface area contributed by atoms with E-state index in [9.17, 15) is 18.3 Å². The Kier molecular flexibility index (Phi) is 4.25. The maximum Gasteiger partial charge on any atom is 0.311 e. The second kappa shape index (κ2) is 5.65. The zero-order valence-corrected chi connectivity index (χ0v) is 13.1. The molecule has 1 aliphatic heterocycles. The molecule has 0 spiro atoms. The Labute approximate surface area is 124 Å². The van der Waals surface area contributed by atoms with E-state index < -0.39 is 21.9 Å².